The molecule has 0 unspecified atom stereocenters. The summed E-state index contributed by atoms with van der Waals surface area (Å²) in [6.45, 7) is 2.78. The van der Waals surface area contributed by atoms with Gasteiger partial charge in [0.25, 0.3) is 0 Å². The summed E-state index contributed by atoms with van der Waals surface area (Å²) in [4.78, 5) is 9.50. The van der Waals surface area contributed by atoms with Crippen molar-refractivity contribution < 1.29 is 21.6 Å². The Kier molecular flexibility index (Phi) is 5.33. The molecule has 0 amide bonds. The molecule has 2 aromatic rings. The summed E-state index contributed by atoms with van der Waals surface area (Å²) >= 11 is 5.89. The Morgan fingerprint density at radius 3 is 2.41 bits per heavy atom. The Morgan fingerprint density at radius 2 is 1.81 bits per heavy atom. The number of halogens is 4. The van der Waals surface area contributed by atoms with Gasteiger partial charge in [0, 0.05) is 37.9 Å². The Balaban J connectivity index is 1.83. The number of alkyl halides is 3. The van der Waals surface area contributed by atoms with Crippen molar-refractivity contribution in [3.8, 4) is 0 Å². The van der Waals surface area contributed by atoms with E-state index in [1.165, 1.54) is 6.33 Å². The van der Waals surface area contributed by atoms with Gasteiger partial charge in [-0.15, -0.1) is 0 Å². The molecule has 6 nitrogen and oxygen atoms in total. The number of nitrogens with zero attached hydrogens (tertiary/aromatic N) is 4. The average Bonchev–Trinajstić information content (AvgIpc) is 2.61. The number of sulfonamides is 1. The van der Waals surface area contributed by atoms with Crippen molar-refractivity contribution in [3.63, 3.8) is 0 Å². The molecule has 146 valence electrons. The number of hydrogen-bond donors (Lipinski definition) is 0. The molecule has 27 heavy (non-hydrogen) atoms. The van der Waals surface area contributed by atoms with E-state index in [0.29, 0.717) is 25.0 Å². The van der Waals surface area contributed by atoms with E-state index in [-0.39, 0.29) is 18.1 Å². The van der Waals surface area contributed by atoms with Crippen molar-refractivity contribution in [2.24, 2.45) is 0 Å². The third kappa shape index (κ3) is 4.02. The maximum absolute atomic E-state index is 12.9. The van der Waals surface area contributed by atoms with E-state index in [0.717, 1.165) is 22.0 Å². The molecule has 1 fully saturated rings. The van der Waals surface area contributed by atoms with Crippen LogP contribution in [0, 0.1) is 6.92 Å². The zero-order chi connectivity index (χ0) is 19.8. The van der Waals surface area contributed by atoms with Crippen molar-refractivity contribution in [2.45, 2.75) is 18.0 Å². The molecule has 2 heterocycles. The number of rotatable bonds is 3. The third-order valence-electron chi connectivity index (χ3n) is 4.28. The number of benzene rings is 1. The summed E-state index contributed by atoms with van der Waals surface area (Å²) in [5.41, 5.74) is -0.199. The SMILES string of the molecule is Cc1cncnc1N1CCN(S(=O)(=O)c2cc(C(F)(F)F)ccc2Cl)CC1. The molecule has 0 N–H and O–H groups in total. The molecule has 1 aromatic heterocycles. The van der Waals surface area contributed by atoms with Crippen LogP contribution in [0.5, 0.6) is 0 Å². The van der Waals surface area contributed by atoms with Crippen molar-refractivity contribution in [3.05, 3.63) is 46.9 Å². The molecule has 0 saturated carbocycles. The summed E-state index contributed by atoms with van der Waals surface area (Å²) in [7, 11) is -4.15. The van der Waals surface area contributed by atoms with Crippen molar-refractivity contribution in [1.82, 2.24) is 14.3 Å². The minimum Gasteiger partial charge on any atom is -0.354 e. The topological polar surface area (TPSA) is 66.4 Å². The van der Waals surface area contributed by atoms with Gasteiger partial charge >= 0.3 is 6.18 Å². The standard InChI is InChI=1S/C16H16ClF3N4O2S/c1-11-9-21-10-22-15(11)23-4-6-24(7-5-23)27(25,26)14-8-12(16(18,19)20)2-3-13(14)17/h2-3,8-10H,4-7H2,1H3. The highest BCUT2D eigenvalue weighted by Crippen LogP contribution is 2.34. The lowest BCUT2D eigenvalue weighted by Gasteiger charge is -2.35. The summed E-state index contributed by atoms with van der Waals surface area (Å²) in [5.74, 6) is 0.708. The minimum atomic E-state index is -4.65. The van der Waals surface area contributed by atoms with E-state index in [1.54, 1.807) is 6.20 Å². The second kappa shape index (κ2) is 7.25. The fraction of sp³-hybridized carbons (Fsp3) is 0.375. The van der Waals surface area contributed by atoms with Gasteiger partial charge in [0.1, 0.15) is 17.0 Å². The Bertz CT molecular complexity index is 945. The fourth-order valence-electron chi connectivity index (χ4n) is 2.88. The number of hydrogen-bond acceptors (Lipinski definition) is 5. The molecule has 3 rings (SSSR count). The number of aromatic nitrogens is 2. The number of anilines is 1. The lowest BCUT2D eigenvalue weighted by atomic mass is 10.2. The molecule has 0 spiro atoms. The number of piperazine rings is 1. The third-order valence-corrected chi connectivity index (χ3v) is 6.66. The molecule has 0 atom stereocenters. The molecule has 0 bridgehead atoms. The van der Waals surface area contributed by atoms with Crippen LogP contribution in [0.4, 0.5) is 19.0 Å². The highest BCUT2D eigenvalue weighted by Gasteiger charge is 2.35. The summed E-state index contributed by atoms with van der Waals surface area (Å²) in [5, 5.41) is -0.239. The van der Waals surface area contributed by atoms with Gasteiger partial charge in [-0.05, 0) is 25.1 Å². The van der Waals surface area contributed by atoms with Crippen LogP contribution >= 0.6 is 11.6 Å². The average molecular weight is 421 g/mol. The van der Waals surface area contributed by atoms with Crippen LogP contribution in [-0.4, -0.2) is 48.9 Å². The quantitative estimate of drug-likeness (QED) is 0.763. The summed E-state index contributed by atoms with van der Waals surface area (Å²) < 4.78 is 65.6. The predicted octanol–water partition coefficient (Wildman–Crippen LogP) is 2.97. The van der Waals surface area contributed by atoms with E-state index in [1.807, 2.05) is 11.8 Å². The van der Waals surface area contributed by atoms with Crippen molar-refractivity contribution in [2.75, 3.05) is 31.1 Å². The lowest BCUT2D eigenvalue weighted by Crippen LogP contribution is -2.49. The molecule has 1 aromatic carbocycles. The smallest absolute Gasteiger partial charge is 0.354 e. The summed E-state index contributed by atoms with van der Waals surface area (Å²) in [6.07, 6.45) is -1.58. The normalized spacial score (nSPS) is 16.6. The maximum Gasteiger partial charge on any atom is 0.416 e. The van der Waals surface area contributed by atoms with Crippen LogP contribution in [-0.2, 0) is 16.2 Å². The fourth-order valence-corrected chi connectivity index (χ4v) is 4.80. The summed E-state index contributed by atoms with van der Waals surface area (Å²) in [6, 6.07) is 2.30. The van der Waals surface area contributed by atoms with E-state index >= 15 is 0 Å². The van der Waals surface area contributed by atoms with Gasteiger partial charge in [-0.1, -0.05) is 11.6 Å². The van der Waals surface area contributed by atoms with Gasteiger partial charge in [-0.2, -0.15) is 17.5 Å². The molecule has 1 saturated heterocycles. The Hall–Kier alpha value is -1.91. The van der Waals surface area contributed by atoms with Gasteiger partial charge in [-0.3, -0.25) is 0 Å². The molecule has 1 aliphatic rings. The monoisotopic (exact) mass is 420 g/mol. The second-order valence-corrected chi connectivity index (χ2v) is 8.38. The first kappa shape index (κ1) is 19.8. The molecule has 1 aliphatic heterocycles. The van der Waals surface area contributed by atoms with Crippen molar-refractivity contribution in [1.29, 1.82) is 0 Å². The zero-order valence-corrected chi connectivity index (χ0v) is 15.8. The highest BCUT2D eigenvalue weighted by molar-refractivity contribution is 7.89. The first-order chi connectivity index (χ1) is 12.6. The largest absolute Gasteiger partial charge is 0.416 e. The molecule has 0 radical (unpaired) electrons. The van der Waals surface area contributed by atoms with Gasteiger partial charge < -0.3 is 4.90 Å². The van der Waals surface area contributed by atoms with E-state index in [4.69, 9.17) is 11.6 Å². The zero-order valence-electron chi connectivity index (χ0n) is 14.2. The molecule has 11 heteroatoms. The van der Waals surface area contributed by atoms with Gasteiger partial charge in [0.2, 0.25) is 10.0 Å². The predicted molar refractivity (Wildman–Crippen MR) is 94.2 cm³/mol. The van der Waals surface area contributed by atoms with E-state index in [2.05, 4.69) is 9.97 Å². The highest BCUT2D eigenvalue weighted by atomic mass is 35.5. The molecule has 0 aliphatic carbocycles. The minimum absolute atomic E-state index is 0.109. The Morgan fingerprint density at radius 1 is 1.15 bits per heavy atom. The van der Waals surface area contributed by atoms with Crippen LogP contribution in [0.25, 0.3) is 0 Å². The molecular weight excluding hydrogens is 405 g/mol. The van der Waals surface area contributed by atoms with Gasteiger partial charge in [0.05, 0.1) is 10.6 Å². The van der Waals surface area contributed by atoms with Crippen LogP contribution < -0.4 is 4.90 Å². The maximum atomic E-state index is 12.9. The van der Waals surface area contributed by atoms with Crippen molar-refractivity contribution >= 4 is 27.4 Å². The molecular formula is C16H16ClF3N4O2S. The van der Waals surface area contributed by atoms with Crippen LogP contribution in [0.2, 0.25) is 5.02 Å². The number of aryl methyl sites for hydroxylation is 1. The Labute approximate surface area is 159 Å². The van der Waals surface area contributed by atoms with Crippen LogP contribution in [0.3, 0.4) is 0 Å². The van der Waals surface area contributed by atoms with Gasteiger partial charge in [0.15, 0.2) is 0 Å². The van der Waals surface area contributed by atoms with E-state index < -0.39 is 26.7 Å². The van der Waals surface area contributed by atoms with Crippen LogP contribution in [0.15, 0.2) is 35.6 Å². The van der Waals surface area contributed by atoms with E-state index in [9.17, 15) is 21.6 Å². The first-order valence-corrected chi connectivity index (χ1v) is 9.81. The lowest BCUT2D eigenvalue weighted by molar-refractivity contribution is -0.137. The van der Waals surface area contributed by atoms with Gasteiger partial charge in [-0.25, -0.2) is 18.4 Å². The van der Waals surface area contributed by atoms with Crippen LogP contribution in [0.1, 0.15) is 11.1 Å². The second-order valence-electron chi connectivity index (χ2n) is 6.06. The first-order valence-electron chi connectivity index (χ1n) is 7.99.